The quantitative estimate of drug-likeness (QED) is 0.615. The maximum atomic E-state index is 14.2. The molecule has 5 nitrogen and oxygen atoms in total. The molecule has 1 unspecified atom stereocenters. The predicted octanol–water partition coefficient (Wildman–Crippen LogP) is 4.21. The van der Waals surface area contributed by atoms with E-state index in [1.807, 2.05) is 13.0 Å². The zero-order valence-corrected chi connectivity index (χ0v) is 16.2. The molecule has 144 valence electrons. The number of aryl methyl sites for hydroxylation is 1. The molecule has 0 saturated carbocycles. The van der Waals surface area contributed by atoms with Gasteiger partial charge in [0.15, 0.2) is 0 Å². The minimum Gasteiger partial charge on any atom is -0.484 e. The van der Waals surface area contributed by atoms with Crippen LogP contribution in [0.15, 0.2) is 59.8 Å². The van der Waals surface area contributed by atoms with Gasteiger partial charge in [0.2, 0.25) is 0 Å². The third-order valence-electron chi connectivity index (χ3n) is 4.77. The molecule has 1 atom stereocenters. The van der Waals surface area contributed by atoms with Crippen molar-refractivity contribution in [2.45, 2.75) is 24.3 Å². The maximum Gasteiger partial charge on any atom is 0.297 e. The van der Waals surface area contributed by atoms with Crippen LogP contribution in [0.1, 0.15) is 22.8 Å². The highest BCUT2D eigenvalue weighted by Crippen LogP contribution is 2.45. The second-order valence-corrected chi connectivity index (χ2v) is 8.34. The van der Waals surface area contributed by atoms with E-state index in [2.05, 4.69) is 4.98 Å². The van der Waals surface area contributed by atoms with Crippen molar-refractivity contribution in [2.75, 3.05) is 7.11 Å². The summed E-state index contributed by atoms with van der Waals surface area (Å²) in [6, 6.07) is 11.4. The van der Waals surface area contributed by atoms with Gasteiger partial charge in [-0.05, 0) is 31.2 Å². The van der Waals surface area contributed by atoms with E-state index in [1.165, 1.54) is 18.2 Å². The Morgan fingerprint density at radius 3 is 2.75 bits per heavy atom. The third kappa shape index (κ3) is 3.27. The molecule has 2 heterocycles. The molecule has 3 aromatic rings. The van der Waals surface area contributed by atoms with Crippen LogP contribution in [0.25, 0.3) is 11.1 Å². The summed E-state index contributed by atoms with van der Waals surface area (Å²) >= 11 is 0. The molecular weight excluding hydrogens is 381 g/mol. The van der Waals surface area contributed by atoms with Crippen LogP contribution >= 0.6 is 0 Å². The van der Waals surface area contributed by atoms with Crippen molar-refractivity contribution in [3.63, 3.8) is 0 Å². The van der Waals surface area contributed by atoms with Gasteiger partial charge in [-0.15, -0.1) is 0 Å². The first-order valence-electron chi connectivity index (χ1n) is 8.69. The van der Waals surface area contributed by atoms with Crippen molar-refractivity contribution in [1.82, 2.24) is 4.98 Å². The Bertz CT molecular complexity index is 1150. The zero-order chi connectivity index (χ0) is 19.9. The molecule has 1 aliphatic rings. The summed E-state index contributed by atoms with van der Waals surface area (Å²) in [7, 11) is -2.78. The van der Waals surface area contributed by atoms with Crippen molar-refractivity contribution < 1.29 is 21.7 Å². The highest BCUT2D eigenvalue weighted by molar-refractivity contribution is 7.86. The molecule has 0 spiro atoms. The van der Waals surface area contributed by atoms with Crippen LogP contribution in [0, 0.1) is 12.7 Å². The summed E-state index contributed by atoms with van der Waals surface area (Å²) in [6.45, 7) is 1.87. The van der Waals surface area contributed by atoms with Crippen LogP contribution in [0.2, 0.25) is 0 Å². The molecule has 0 bridgehead atoms. The number of rotatable bonds is 4. The molecule has 0 amide bonds. The SMILES string of the molecule is COS(=O)(=O)c1ccc(C)cc1C1Cc2cc(F)cc(-c3cccnc3)c2O1. The number of halogens is 1. The van der Waals surface area contributed by atoms with Crippen LogP contribution in [0.4, 0.5) is 4.39 Å². The normalized spacial score (nSPS) is 15.9. The Morgan fingerprint density at radius 2 is 2.04 bits per heavy atom. The first-order valence-corrected chi connectivity index (χ1v) is 10.1. The minimum atomic E-state index is -3.90. The molecule has 28 heavy (non-hydrogen) atoms. The topological polar surface area (TPSA) is 65.5 Å². The number of pyridine rings is 1. The van der Waals surface area contributed by atoms with Gasteiger partial charge in [-0.2, -0.15) is 8.42 Å². The van der Waals surface area contributed by atoms with E-state index in [9.17, 15) is 12.8 Å². The summed E-state index contributed by atoms with van der Waals surface area (Å²) in [6.07, 6.45) is 3.07. The predicted molar refractivity (Wildman–Crippen MR) is 102 cm³/mol. The summed E-state index contributed by atoms with van der Waals surface area (Å²) in [5.74, 6) is 0.164. The second-order valence-electron chi connectivity index (χ2n) is 6.66. The largest absolute Gasteiger partial charge is 0.484 e. The average molecular weight is 399 g/mol. The lowest BCUT2D eigenvalue weighted by Gasteiger charge is -2.17. The average Bonchev–Trinajstić information content (AvgIpc) is 3.11. The van der Waals surface area contributed by atoms with E-state index < -0.39 is 16.2 Å². The molecule has 1 aliphatic heterocycles. The van der Waals surface area contributed by atoms with E-state index in [0.29, 0.717) is 28.9 Å². The van der Waals surface area contributed by atoms with Gasteiger partial charge in [0, 0.05) is 41.1 Å². The first-order chi connectivity index (χ1) is 13.4. The fourth-order valence-corrected chi connectivity index (χ4v) is 4.36. The lowest BCUT2D eigenvalue weighted by molar-refractivity contribution is 0.235. The van der Waals surface area contributed by atoms with E-state index in [4.69, 9.17) is 8.92 Å². The number of hydrogen-bond donors (Lipinski definition) is 0. The third-order valence-corrected chi connectivity index (χ3v) is 6.12. The Morgan fingerprint density at radius 1 is 1.21 bits per heavy atom. The second kappa shape index (κ2) is 7.00. The summed E-state index contributed by atoms with van der Waals surface area (Å²) in [5, 5.41) is 0. The van der Waals surface area contributed by atoms with Gasteiger partial charge in [-0.1, -0.05) is 23.8 Å². The van der Waals surface area contributed by atoms with E-state index in [0.717, 1.165) is 18.2 Å². The van der Waals surface area contributed by atoms with Gasteiger partial charge >= 0.3 is 0 Å². The molecule has 1 aromatic heterocycles. The Kier molecular flexibility index (Phi) is 4.64. The number of benzene rings is 2. The summed E-state index contributed by atoms with van der Waals surface area (Å²) < 4.78 is 49.8. The van der Waals surface area contributed by atoms with Crippen LogP contribution in [-0.4, -0.2) is 20.5 Å². The van der Waals surface area contributed by atoms with Crippen molar-refractivity contribution in [1.29, 1.82) is 0 Å². The number of aromatic nitrogens is 1. The van der Waals surface area contributed by atoms with Crippen LogP contribution in [0.3, 0.4) is 0 Å². The molecule has 0 N–H and O–H groups in total. The molecule has 4 rings (SSSR count). The number of nitrogens with zero attached hydrogens (tertiary/aromatic N) is 1. The van der Waals surface area contributed by atoms with Crippen molar-refractivity contribution in [2.24, 2.45) is 0 Å². The molecule has 7 heteroatoms. The van der Waals surface area contributed by atoms with Gasteiger partial charge in [-0.3, -0.25) is 9.17 Å². The zero-order valence-electron chi connectivity index (χ0n) is 15.3. The van der Waals surface area contributed by atoms with E-state index in [1.54, 1.807) is 30.6 Å². The van der Waals surface area contributed by atoms with Crippen molar-refractivity contribution in [3.8, 4) is 16.9 Å². The van der Waals surface area contributed by atoms with Gasteiger partial charge in [-0.25, -0.2) is 4.39 Å². The fourth-order valence-electron chi connectivity index (χ4n) is 3.47. The Labute approximate surface area is 162 Å². The smallest absolute Gasteiger partial charge is 0.297 e. The lowest BCUT2D eigenvalue weighted by atomic mass is 9.99. The highest BCUT2D eigenvalue weighted by atomic mass is 32.2. The van der Waals surface area contributed by atoms with E-state index >= 15 is 0 Å². The summed E-state index contributed by atoms with van der Waals surface area (Å²) in [4.78, 5) is 4.15. The molecular formula is C21H18FNO4S. The van der Waals surface area contributed by atoms with Crippen LogP contribution in [-0.2, 0) is 20.7 Å². The van der Waals surface area contributed by atoms with Crippen molar-refractivity contribution >= 4 is 10.1 Å². The van der Waals surface area contributed by atoms with E-state index in [-0.39, 0.29) is 10.7 Å². The Hall–Kier alpha value is -2.77. The van der Waals surface area contributed by atoms with Crippen molar-refractivity contribution in [3.05, 3.63) is 77.4 Å². The molecule has 0 fully saturated rings. The molecule has 2 aromatic carbocycles. The van der Waals surface area contributed by atoms with Crippen LogP contribution in [0.5, 0.6) is 5.75 Å². The van der Waals surface area contributed by atoms with Gasteiger partial charge in [0.1, 0.15) is 22.6 Å². The standard InChI is InChI=1S/C21H18FNO4S/c1-13-5-6-20(28(24,25)26-2)18(8-13)19-10-15-9-16(22)11-17(21(15)27-19)14-4-3-7-23-12-14/h3-9,11-12,19H,10H2,1-2H3. The number of hydrogen-bond acceptors (Lipinski definition) is 5. The van der Waals surface area contributed by atoms with Gasteiger partial charge in [0.05, 0.1) is 7.11 Å². The van der Waals surface area contributed by atoms with Crippen LogP contribution < -0.4 is 4.74 Å². The number of ether oxygens (including phenoxy) is 1. The minimum absolute atomic E-state index is 0.0572. The monoisotopic (exact) mass is 399 g/mol. The van der Waals surface area contributed by atoms with Gasteiger partial charge < -0.3 is 4.74 Å². The number of fused-ring (bicyclic) bond motifs is 1. The molecule has 0 radical (unpaired) electrons. The highest BCUT2D eigenvalue weighted by Gasteiger charge is 2.32. The lowest BCUT2D eigenvalue weighted by Crippen LogP contribution is -2.12. The Balaban J connectivity index is 1.81. The molecule has 0 aliphatic carbocycles. The fraction of sp³-hybridized carbons (Fsp3) is 0.190. The first kappa shape index (κ1) is 18.6. The molecule has 0 saturated heterocycles. The maximum absolute atomic E-state index is 14.2. The van der Waals surface area contributed by atoms with Gasteiger partial charge in [0.25, 0.3) is 10.1 Å². The summed E-state index contributed by atoms with van der Waals surface area (Å²) in [5.41, 5.74) is 3.40.